The number of esters is 3. The van der Waals surface area contributed by atoms with Gasteiger partial charge in [0.05, 0.1) is 55.1 Å². The van der Waals surface area contributed by atoms with Crippen molar-refractivity contribution in [3.8, 4) is 0 Å². The maximum atomic E-state index is 13.7. The SMILES string of the molecule is C=CC1=C(C)c2cc3[nH]c(cc4nc(cc5[nH]c(cc1n2)c(C)c5CCC(=O)O)C(CCC(=O)OC)=C4C)[C@]1(C)C3=CC=C(C(=O)OC)[C@@H]1C(=O)OC. The summed E-state index contributed by atoms with van der Waals surface area (Å²) in [7, 11) is 3.89. The van der Waals surface area contributed by atoms with Gasteiger partial charge in [-0.1, -0.05) is 24.8 Å². The molecule has 53 heavy (non-hydrogen) atoms. The molecule has 0 unspecified atom stereocenters. The molecule has 0 saturated heterocycles. The summed E-state index contributed by atoms with van der Waals surface area (Å²) in [5.41, 5.74) is 9.93. The second-order valence-corrected chi connectivity index (χ2v) is 13.5. The van der Waals surface area contributed by atoms with Crippen LogP contribution < -0.4 is 0 Å². The van der Waals surface area contributed by atoms with Crippen LogP contribution in [0, 0.1) is 12.8 Å². The van der Waals surface area contributed by atoms with Crippen molar-refractivity contribution in [2.24, 2.45) is 5.92 Å². The standard InChI is InChI=1S/C41H42N4O8/c1-9-23-20(2)29-17-34-27-13-10-26(39(49)52-7)38(40(50)53-8)41(27,5)35(45-34)19-30-22(4)25(12-15-37(48)51-6)33(44-30)18-32-24(11-14-36(46)47)21(3)28(43-32)16-31(23)42-29/h9-10,13,16-19,38,43,45H,1,11-12,14-15H2,2-8H3,(H,46,47)/t38-,41+/m1/s1. The van der Waals surface area contributed by atoms with Crippen LogP contribution in [0.5, 0.6) is 0 Å². The van der Waals surface area contributed by atoms with Gasteiger partial charge < -0.3 is 29.3 Å². The Morgan fingerprint density at radius 3 is 2.21 bits per heavy atom. The molecular formula is C41H42N4O8. The molecule has 3 aliphatic heterocycles. The molecule has 2 atom stereocenters. The number of aromatic amines is 2. The average Bonchev–Trinajstić information content (AvgIpc) is 3.79. The first-order chi connectivity index (χ1) is 25.3. The minimum absolute atomic E-state index is 0.0776. The van der Waals surface area contributed by atoms with Crippen LogP contribution in [0.2, 0.25) is 0 Å². The van der Waals surface area contributed by atoms with Crippen LogP contribution in [-0.4, -0.2) is 70.2 Å². The van der Waals surface area contributed by atoms with Crippen molar-refractivity contribution in [2.75, 3.05) is 21.3 Å². The first-order valence-electron chi connectivity index (χ1n) is 17.2. The summed E-state index contributed by atoms with van der Waals surface area (Å²) in [6.45, 7) is 11.8. The maximum absolute atomic E-state index is 13.7. The number of carboxylic acid groups (broad SMARTS) is 1. The Balaban J connectivity index is 1.76. The number of nitrogens with one attached hydrogen (secondary N) is 2. The first-order valence-corrected chi connectivity index (χ1v) is 17.2. The lowest BCUT2D eigenvalue weighted by Crippen LogP contribution is -2.42. The highest BCUT2D eigenvalue weighted by Crippen LogP contribution is 2.52. The minimum Gasteiger partial charge on any atom is -0.481 e. The van der Waals surface area contributed by atoms with Crippen molar-refractivity contribution in [1.29, 1.82) is 0 Å². The Kier molecular flexibility index (Phi) is 9.83. The van der Waals surface area contributed by atoms with E-state index in [1.54, 1.807) is 12.2 Å². The molecule has 0 saturated carbocycles. The molecule has 0 radical (unpaired) electrons. The Labute approximate surface area is 306 Å². The van der Waals surface area contributed by atoms with Crippen molar-refractivity contribution in [2.45, 2.75) is 58.8 Å². The topological polar surface area (TPSA) is 174 Å². The number of ether oxygens (including phenoxy) is 3. The number of nitrogens with zero attached hydrogens (tertiary/aromatic N) is 2. The van der Waals surface area contributed by atoms with E-state index in [4.69, 9.17) is 24.2 Å². The molecule has 0 fully saturated rings. The van der Waals surface area contributed by atoms with Crippen molar-refractivity contribution < 1.29 is 38.5 Å². The predicted octanol–water partition coefficient (Wildman–Crippen LogP) is 6.61. The van der Waals surface area contributed by atoms with Gasteiger partial charge in [0, 0.05) is 40.8 Å². The fraction of sp³-hybridized carbons (Fsp3) is 0.317. The third-order valence-electron chi connectivity index (χ3n) is 10.7. The Morgan fingerprint density at radius 2 is 1.55 bits per heavy atom. The number of allylic oxidation sites excluding steroid dienone is 8. The second kappa shape index (κ2) is 14.2. The highest BCUT2D eigenvalue weighted by atomic mass is 16.5. The zero-order valence-electron chi connectivity index (χ0n) is 30.9. The van der Waals surface area contributed by atoms with E-state index in [1.165, 1.54) is 21.3 Å². The molecule has 6 rings (SSSR count). The van der Waals surface area contributed by atoms with Crippen molar-refractivity contribution in [1.82, 2.24) is 19.9 Å². The van der Waals surface area contributed by atoms with Crippen molar-refractivity contribution >= 4 is 62.8 Å². The molecule has 8 bridgehead atoms. The van der Waals surface area contributed by atoms with Crippen LogP contribution in [0.1, 0.15) is 85.3 Å². The lowest BCUT2D eigenvalue weighted by atomic mass is 9.64. The van der Waals surface area contributed by atoms with E-state index in [1.807, 2.05) is 58.0 Å². The number of aromatic nitrogens is 4. The molecule has 0 spiro atoms. The zero-order valence-corrected chi connectivity index (χ0v) is 30.9. The number of aryl methyl sites for hydroxylation is 2. The number of carboxylic acids is 1. The third kappa shape index (κ3) is 6.28. The summed E-state index contributed by atoms with van der Waals surface area (Å²) in [5.74, 6) is -3.64. The number of rotatable bonds is 9. The summed E-state index contributed by atoms with van der Waals surface area (Å²) in [6, 6.07) is 7.59. The van der Waals surface area contributed by atoms with Gasteiger partial charge in [-0.3, -0.25) is 14.4 Å². The van der Waals surface area contributed by atoms with Crippen molar-refractivity contribution in [3.05, 3.63) is 99.9 Å². The average molecular weight is 719 g/mol. The number of methoxy groups -OCH3 is 3. The molecule has 1 aliphatic carbocycles. The van der Waals surface area contributed by atoms with E-state index in [9.17, 15) is 24.3 Å². The van der Waals surface area contributed by atoms with Crippen LogP contribution in [0.15, 0.2) is 54.6 Å². The molecule has 2 aromatic heterocycles. The molecule has 3 N–H and O–H groups in total. The third-order valence-corrected chi connectivity index (χ3v) is 10.7. The Bertz CT molecular complexity index is 2320. The molecular weight excluding hydrogens is 676 g/mol. The molecule has 12 nitrogen and oxygen atoms in total. The molecule has 274 valence electrons. The van der Waals surface area contributed by atoms with Gasteiger partial charge in [-0.2, -0.15) is 0 Å². The molecule has 12 heteroatoms. The number of aliphatic carboxylic acids is 1. The lowest BCUT2D eigenvalue weighted by molar-refractivity contribution is -0.149. The quantitative estimate of drug-likeness (QED) is 0.189. The van der Waals surface area contributed by atoms with Crippen LogP contribution in [0.4, 0.5) is 0 Å². The van der Waals surface area contributed by atoms with Crippen LogP contribution >= 0.6 is 0 Å². The number of H-pyrrole nitrogens is 2. The summed E-state index contributed by atoms with van der Waals surface area (Å²) < 4.78 is 15.4. The van der Waals surface area contributed by atoms with E-state index >= 15 is 0 Å². The van der Waals surface area contributed by atoms with Crippen LogP contribution in [0.25, 0.3) is 38.9 Å². The summed E-state index contributed by atoms with van der Waals surface area (Å²) in [4.78, 5) is 68.1. The van der Waals surface area contributed by atoms with Gasteiger partial charge in [0.1, 0.15) is 5.92 Å². The number of hydrogen-bond donors (Lipinski definition) is 3. The van der Waals surface area contributed by atoms with E-state index in [2.05, 4.69) is 16.5 Å². The largest absolute Gasteiger partial charge is 0.481 e. The minimum atomic E-state index is -1.14. The van der Waals surface area contributed by atoms with E-state index in [-0.39, 0.29) is 30.8 Å². The Hall–Kier alpha value is -6.04. The fourth-order valence-electron chi connectivity index (χ4n) is 7.70. The second-order valence-electron chi connectivity index (χ2n) is 13.5. The van der Waals surface area contributed by atoms with Gasteiger partial charge in [-0.15, -0.1) is 0 Å². The predicted molar refractivity (Wildman–Crippen MR) is 200 cm³/mol. The fourth-order valence-corrected chi connectivity index (χ4v) is 7.70. The van der Waals surface area contributed by atoms with E-state index < -0.39 is 29.2 Å². The Morgan fingerprint density at radius 1 is 0.849 bits per heavy atom. The van der Waals surface area contributed by atoms with Gasteiger partial charge >= 0.3 is 23.9 Å². The number of hydrogen-bond acceptors (Lipinski definition) is 9. The number of carbonyl (C=O) groups excluding carboxylic acids is 3. The first kappa shape index (κ1) is 36.7. The lowest BCUT2D eigenvalue weighted by Gasteiger charge is -2.36. The maximum Gasteiger partial charge on any atom is 0.334 e. The smallest absolute Gasteiger partial charge is 0.334 e. The summed E-state index contributed by atoms with van der Waals surface area (Å²) >= 11 is 0. The number of carbonyl (C=O) groups is 4. The normalized spacial score (nSPS) is 18.4. The van der Waals surface area contributed by atoms with E-state index in [0.717, 1.165) is 44.5 Å². The highest BCUT2D eigenvalue weighted by molar-refractivity contribution is 6.02. The molecule has 0 aromatic carbocycles. The monoisotopic (exact) mass is 718 g/mol. The van der Waals surface area contributed by atoms with E-state index in [0.29, 0.717) is 46.1 Å². The highest BCUT2D eigenvalue weighted by Gasteiger charge is 2.53. The van der Waals surface area contributed by atoms with Crippen molar-refractivity contribution in [3.63, 3.8) is 0 Å². The number of fused-ring (bicyclic) bond motifs is 11. The van der Waals surface area contributed by atoms with Gasteiger partial charge in [0.2, 0.25) is 0 Å². The zero-order chi connectivity index (χ0) is 38.4. The van der Waals surface area contributed by atoms with Gasteiger partial charge in [0.25, 0.3) is 0 Å². The van der Waals surface area contributed by atoms with Gasteiger partial charge in [-0.05, 0) is 98.2 Å². The van der Waals surface area contributed by atoms with Crippen LogP contribution in [0.3, 0.4) is 0 Å². The molecule has 4 aliphatic rings. The van der Waals surface area contributed by atoms with Gasteiger partial charge in [0.15, 0.2) is 0 Å². The summed E-state index contributed by atoms with van der Waals surface area (Å²) in [6.07, 6.45) is 5.79. The molecule has 2 aromatic rings. The molecule has 5 heterocycles. The summed E-state index contributed by atoms with van der Waals surface area (Å²) in [5, 5.41) is 9.61. The van der Waals surface area contributed by atoms with Crippen LogP contribution in [-0.2, 0) is 45.2 Å². The molecule has 0 amide bonds. The van der Waals surface area contributed by atoms with Gasteiger partial charge in [-0.25, -0.2) is 14.8 Å².